The van der Waals surface area contributed by atoms with Crippen LogP contribution in [0.4, 0.5) is 5.69 Å². The van der Waals surface area contributed by atoms with Crippen molar-refractivity contribution < 1.29 is 21.6 Å². The quantitative estimate of drug-likeness (QED) is 0.822. The smallest absolute Gasteiger partial charge is 0.241 e. The molecule has 0 aromatic heterocycles. The van der Waals surface area contributed by atoms with E-state index in [0.29, 0.717) is 11.3 Å². The van der Waals surface area contributed by atoms with Gasteiger partial charge in [-0.2, -0.15) is 0 Å². The van der Waals surface area contributed by atoms with Gasteiger partial charge in [-0.05, 0) is 44.0 Å². The molecule has 0 aliphatic carbocycles. The average molecular weight is 358 g/mol. The Balaban J connectivity index is 1.91. The molecule has 0 bridgehead atoms. The topological polar surface area (TPSA) is 109 Å². The third-order valence-electron chi connectivity index (χ3n) is 4.34. The Bertz CT molecular complexity index is 892. The second kappa shape index (κ2) is 5.02. The van der Waals surface area contributed by atoms with E-state index in [9.17, 15) is 21.6 Å². The molecule has 2 aliphatic rings. The molecular formula is C14H18N2O5S2. The van der Waals surface area contributed by atoms with E-state index in [1.165, 1.54) is 12.1 Å². The molecule has 2 atom stereocenters. The van der Waals surface area contributed by atoms with Crippen LogP contribution in [0.25, 0.3) is 0 Å². The standard InChI is InChI=1S/C14H18N2O5S2/c1-9-11-7-10(3-4-12(11)15-13(9)17)23(20,21)16-14(2)5-6-22(18,19)8-14/h3-4,7,9,16H,5-6,8H2,1-2H3,(H,15,17)/t9-,14+/m0/s1. The van der Waals surface area contributed by atoms with Crippen molar-refractivity contribution in [1.29, 1.82) is 0 Å². The first-order chi connectivity index (χ1) is 10.5. The Labute approximate surface area is 135 Å². The van der Waals surface area contributed by atoms with Gasteiger partial charge in [0.25, 0.3) is 0 Å². The fourth-order valence-electron chi connectivity index (χ4n) is 3.04. The highest BCUT2D eigenvalue weighted by Gasteiger charge is 2.41. The molecule has 0 unspecified atom stereocenters. The summed E-state index contributed by atoms with van der Waals surface area (Å²) in [6.45, 7) is 3.30. The highest BCUT2D eigenvalue weighted by Crippen LogP contribution is 2.34. The number of nitrogens with one attached hydrogen (secondary N) is 2. The van der Waals surface area contributed by atoms with Crippen LogP contribution in [0.2, 0.25) is 0 Å². The number of rotatable bonds is 3. The van der Waals surface area contributed by atoms with Crippen LogP contribution in [0.1, 0.15) is 31.7 Å². The van der Waals surface area contributed by atoms with Crippen LogP contribution in [0.3, 0.4) is 0 Å². The van der Waals surface area contributed by atoms with Crippen LogP contribution >= 0.6 is 0 Å². The van der Waals surface area contributed by atoms with E-state index in [-0.39, 0.29) is 28.7 Å². The van der Waals surface area contributed by atoms with Crippen molar-refractivity contribution in [2.45, 2.75) is 36.6 Å². The first kappa shape index (κ1) is 16.4. The molecule has 7 nitrogen and oxygen atoms in total. The van der Waals surface area contributed by atoms with E-state index >= 15 is 0 Å². The van der Waals surface area contributed by atoms with Crippen LogP contribution in [0, 0.1) is 0 Å². The van der Waals surface area contributed by atoms with Crippen molar-refractivity contribution in [1.82, 2.24) is 4.72 Å². The predicted molar refractivity (Wildman–Crippen MR) is 85.5 cm³/mol. The molecule has 23 heavy (non-hydrogen) atoms. The van der Waals surface area contributed by atoms with Gasteiger partial charge in [0.05, 0.1) is 22.3 Å². The number of hydrogen-bond acceptors (Lipinski definition) is 5. The van der Waals surface area contributed by atoms with E-state index in [4.69, 9.17) is 0 Å². The molecule has 1 saturated heterocycles. The fraction of sp³-hybridized carbons (Fsp3) is 0.500. The van der Waals surface area contributed by atoms with Crippen molar-refractivity contribution in [3.63, 3.8) is 0 Å². The number of benzene rings is 1. The maximum atomic E-state index is 12.6. The van der Waals surface area contributed by atoms with Crippen molar-refractivity contribution in [2.75, 3.05) is 16.8 Å². The van der Waals surface area contributed by atoms with Gasteiger partial charge >= 0.3 is 0 Å². The molecule has 3 rings (SSSR count). The lowest BCUT2D eigenvalue weighted by atomic mass is 10.0. The van der Waals surface area contributed by atoms with E-state index in [0.717, 1.165) is 0 Å². The van der Waals surface area contributed by atoms with Crippen LogP contribution in [0.15, 0.2) is 23.1 Å². The lowest BCUT2D eigenvalue weighted by Gasteiger charge is -2.23. The molecule has 0 radical (unpaired) electrons. The molecule has 1 aromatic rings. The fourth-order valence-corrected chi connectivity index (χ4v) is 6.69. The summed E-state index contributed by atoms with van der Waals surface area (Å²) < 4.78 is 50.9. The molecular weight excluding hydrogens is 340 g/mol. The van der Waals surface area contributed by atoms with Crippen molar-refractivity contribution in [3.8, 4) is 0 Å². The number of fused-ring (bicyclic) bond motifs is 1. The van der Waals surface area contributed by atoms with Crippen molar-refractivity contribution in [2.24, 2.45) is 0 Å². The summed E-state index contributed by atoms with van der Waals surface area (Å²) in [4.78, 5) is 11.7. The van der Waals surface area contributed by atoms with Crippen LogP contribution in [0.5, 0.6) is 0 Å². The Kier molecular flexibility index (Phi) is 3.58. The van der Waals surface area contributed by atoms with Gasteiger partial charge < -0.3 is 5.32 Å². The molecule has 1 fully saturated rings. The third-order valence-corrected chi connectivity index (χ3v) is 7.87. The lowest BCUT2D eigenvalue weighted by molar-refractivity contribution is -0.116. The monoisotopic (exact) mass is 358 g/mol. The Morgan fingerprint density at radius 2 is 2.04 bits per heavy atom. The highest BCUT2D eigenvalue weighted by molar-refractivity contribution is 7.92. The van der Waals surface area contributed by atoms with Gasteiger partial charge in [0.15, 0.2) is 9.84 Å². The minimum atomic E-state index is -3.87. The van der Waals surface area contributed by atoms with Crippen molar-refractivity contribution in [3.05, 3.63) is 23.8 Å². The van der Waals surface area contributed by atoms with Crippen LogP contribution in [-0.2, 0) is 24.7 Å². The second-order valence-electron chi connectivity index (χ2n) is 6.47. The number of carbonyl (C=O) groups excluding carboxylic acids is 1. The van der Waals surface area contributed by atoms with Crippen LogP contribution < -0.4 is 10.0 Å². The molecule has 1 amide bonds. The molecule has 2 N–H and O–H groups in total. The minimum absolute atomic E-state index is 0.0222. The third kappa shape index (κ3) is 3.00. The second-order valence-corrected chi connectivity index (χ2v) is 10.3. The zero-order valence-electron chi connectivity index (χ0n) is 12.8. The van der Waals surface area contributed by atoms with Crippen molar-refractivity contribution >= 4 is 31.5 Å². The summed E-state index contributed by atoms with van der Waals surface area (Å²) in [6, 6.07) is 4.43. The van der Waals surface area contributed by atoms with Gasteiger partial charge in [0.1, 0.15) is 0 Å². The first-order valence-electron chi connectivity index (χ1n) is 7.21. The predicted octanol–water partition coefficient (Wildman–Crippen LogP) is 0.598. The summed E-state index contributed by atoms with van der Waals surface area (Å²) >= 11 is 0. The minimum Gasteiger partial charge on any atom is -0.325 e. The Morgan fingerprint density at radius 3 is 2.65 bits per heavy atom. The molecule has 0 spiro atoms. The van der Waals surface area contributed by atoms with E-state index < -0.39 is 31.3 Å². The summed E-state index contributed by atoms with van der Waals surface area (Å²) in [5, 5.41) is 2.68. The molecule has 1 aromatic carbocycles. The molecule has 126 valence electrons. The Hall–Kier alpha value is -1.45. The molecule has 2 heterocycles. The summed E-state index contributed by atoms with van der Waals surface area (Å²) in [5.41, 5.74) is 0.231. The van der Waals surface area contributed by atoms with E-state index in [1.54, 1.807) is 19.9 Å². The van der Waals surface area contributed by atoms with Gasteiger partial charge in [-0.1, -0.05) is 0 Å². The summed E-state index contributed by atoms with van der Waals surface area (Å²) in [5.74, 6) is -0.814. The largest absolute Gasteiger partial charge is 0.325 e. The number of carbonyl (C=O) groups is 1. The number of amides is 1. The number of anilines is 1. The molecule has 2 aliphatic heterocycles. The average Bonchev–Trinajstić information content (AvgIpc) is 2.85. The van der Waals surface area contributed by atoms with Gasteiger partial charge in [-0.25, -0.2) is 21.6 Å². The highest BCUT2D eigenvalue weighted by atomic mass is 32.2. The zero-order chi connectivity index (χ0) is 17.0. The van der Waals surface area contributed by atoms with Gasteiger partial charge in [-0.3, -0.25) is 4.79 Å². The van der Waals surface area contributed by atoms with Gasteiger partial charge in [0, 0.05) is 11.2 Å². The first-order valence-corrected chi connectivity index (χ1v) is 10.5. The van der Waals surface area contributed by atoms with E-state index in [1.807, 2.05) is 0 Å². The van der Waals surface area contributed by atoms with E-state index in [2.05, 4.69) is 10.0 Å². The summed E-state index contributed by atoms with van der Waals surface area (Å²) in [7, 11) is -7.08. The van der Waals surface area contributed by atoms with Gasteiger partial charge in [-0.15, -0.1) is 0 Å². The van der Waals surface area contributed by atoms with Gasteiger partial charge in [0.2, 0.25) is 15.9 Å². The molecule has 9 heteroatoms. The zero-order valence-corrected chi connectivity index (χ0v) is 14.4. The summed E-state index contributed by atoms with van der Waals surface area (Å²) in [6.07, 6.45) is 0.246. The SMILES string of the molecule is C[C@@H]1C(=O)Nc2ccc(S(=O)(=O)N[C@]3(C)CCS(=O)(=O)C3)cc21. The maximum absolute atomic E-state index is 12.6. The number of sulfone groups is 1. The number of sulfonamides is 1. The number of hydrogen-bond donors (Lipinski definition) is 2. The Morgan fingerprint density at radius 1 is 1.35 bits per heavy atom. The lowest BCUT2D eigenvalue weighted by Crippen LogP contribution is -2.46. The van der Waals surface area contributed by atoms with Crippen LogP contribution in [-0.4, -0.2) is 39.8 Å². The normalized spacial score (nSPS) is 29.3. The molecule has 0 saturated carbocycles. The maximum Gasteiger partial charge on any atom is 0.241 e.